The topological polar surface area (TPSA) is 58.6 Å². The van der Waals surface area contributed by atoms with Crippen molar-refractivity contribution in [3.05, 3.63) is 64.1 Å². The molecule has 0 saturated heterocycles. The van der Waals surface area contributed by atoms with Crippen molar-refractivity contribution < 1.29 is 14.3 Å². The number of nitrogens with one attached hydrogen (secondary N) is 1. The molecule has 1 N–H and O–H groups in total. The molecule has 0 aromatic heterocycles. The average Bonchev–Trinajstić information content (AvgIpc) is 2.79. The Kier molecular flexibility index (Phi) is 11.4. The lowest BCUT2D eigenvalue weighted by atomic mass is 10.1. The van der Waals surface area contributed by atoms with Crippen LogP contribution in [0.1, 0.15) is 51.5 Å². The summed E-state index contributed by atoms with van der Waals surface area (Å²) in [7, 11) is 0. The molecule has 174 valence electrons. The molecule has 0 bridgehead atoms. The molecule has 0 heterocycles. The highest BCUT2D eigenvalue weighted by Gasteiger charge is 2.28. The van der Waals surface area contributed by atoms with E-state index in [1.165, 1.54) is 0 Å². The number of carbonyl (C=O) groups is 2. The third-order valence-corrected chi connectivity index (χ3v) is 5.60. The van der Waals surface area contributed by atoms with Crippen LogP contribution in [0.3, 0.4) is 0 Å². The first-order valence-corrected chi connectivity index (χ1v) is 11.9. The van der Waals surface area contributed by atoms with Crippen LogP contribution in [0.2, 0.25) is 10.0 Å². The lowest BCUT2D eigenvalue weighted by Crippen LogP contribution is -2.49. The zero-order valence-corrected chi connectivity index (χ0v) is 20.3. The summed E-state index contributed by atoms with van der Waals surface area (Å²) >= 11 is 11.9. The summed E-state index contributed by atoms with van der Waals surface area (Å²) in [4.78, 5) is 27.6. The van der Waals surface area contributed by atoms with E-state index in [0.717, 1.165) is 18.4 Å². The number of ether oxygens (including phenoxy) is 1. The summed E-state index contributed by atoms with van der Waals surface area (Å²) in [6.45, 7) is 5.38. The molecule has 2 amide bonds. The van der Waals surface area contributed by atoms with Gasteiger partial charge in [0.25, 0.3) is 0 Å². The van der Waals surface area contributed by atoms with Gasteiger partial charge >= 0.3 is 0 Å². The summed E-state index contributed by atoms with van der Waals surface area (Å²) in [5, 5.41) is 4.25. The highest BCUT2D eigenvalue weighted by atomic mass is 35.5. The monoisotopic (exact) mass is 478 g/mol. The molecule has 2 rings (SSSR count). The maximum atomic E-state index is 13.2. The minimum atomic E-state index is -0.521. The molecule has 7 heteroatoms. The van der Waals surface area contributed by atoms with Crippen molar-refractivity contribution in [1.29, 1.82) is 0 Å². The number of benzene rings is 2. The standard InChI is InChI=1S/C25H32Cl2N2O3/c1-3-5-16-28-25(31)23(4-2)29(18-19-8-10-20(26)11-9-19)24(30)7-6-17-32-22-14-12-21(27)13-15-22/h8-15,23H,3-7,16-18H2,1-2H3,(H,28,31)/t23-/m0/s1. The smallest absolute Gasteiger partial charge is 0.242 e. The molecule has 0 aliphatic heterocycles. The van der Waals surface area contributed by atoms with Crippen LogP contribution in [-0.2, 0) is 16.1 Å². The summed E-state index contributed by atoms with van der Waals surface area (Å²) in [5.41, 5.74) is 0.931. The van der Waals surface area contributed by atoms with Crippen molar-refractivity contribution in [2.75, 3.05) is 13.2 Å². The molecule has 0 aliphatic rings. The molecule has 0 radical (unpaired) electrons. The SMILES string of the molecule is CCCCNC(=O)[C@H](CC)N(Cc1ccc(Cl)cc1)C(=O)CCCOc1ccc(Cl)cc1. The maximum absolute atomic E-state index is 13.2. The molecule has 5 nitrogen and oxygen atoms in total. The normalized spacial score (nSPS) is 11.6. The molecule has 0 saturated carbocycles. The summed E-state index contributed by atoms with van der Waals surface area (Å²) < 4.78 is 5.70. The van der Waals surface area contributed by atoms with Crippen molar-refractivity contribution in [2.24, 2.45) is 0 Å². The second kappa shape index (κ2) is 14.0. The minimum absolute atomic E-state index is 0.0721. The van der Waals surface area contributed by atoms with Crippen molar-refractivity contribution in [3.8, 4) is 5.75 Å². The Bertz CT molecular complexity index is 841. The Balaban J connectivity index is 2.02. The Morgan fingerprint density at radius 2 is 1.59 bits per heavy atom. The summed E-state index contributed by atoms with van der Waals surface area (Å²) in [6.07, 6.45) is 3.29. The summed E-state index contributed by atoms with van der Waals surface area (Å²) in [6, 6.07) is 13.9. The Hall–Kier alpha value is -2.24. The first-order chi connectivity index (χ1) is 15.4. The lowest BCUT2D eigenvalue weighted by Gasteiger charge is -2.31. The zero-order valence-electron chi connectivity index (χ0n) is 18.8. The molecule has 2 aromatic carbocycles. The van der Waals surface area contributed by atoms with Gasteiger partial charge in [-0.15, -0.1) is 0 Å². The largest absolute Gasteiger partial charge is 0.494 e. The third kappa shape index (κ3) is 8.71. The van der Waals surface area contributed by atoms with E-state index in [1.54, 1.807) is 41.3 Å². The van der Waals surface area contributed by atoms with Crippen molar-refractivity contribution in [1.82, 2.24) is 10.2 Å². The molecule has 0 spiro atoms. The molecular weight excluding hydrogens is 447 g/mol. The second-order valence-electron chi connectivity index (χ2n) is 7.62. The number of hydrogen-bond acceptors (Lipinski definition) is 3. The van der Waals surface area contributed by atoms with Crippen LogP contribution in [-0.4, -0.2) is 35.9 Å². The van der Waals surface area contributed by atoms with Crippen LogP contribution in [0, 0.1) is 0 Å². The number of unbranched alkanes of at least 4 members (excludes halogenated alkanes) is 1. The van der Waals surface area contributed by atoms with E-state index in [2.05, 4.69) is 12.2 Å². The van der Waals surface area contributed by atoms with Gasteiger partial charge in [-0.05, 0) is 61.2 Å². The average molecular weight is 479 g/mol. The van der Waals surface area contributed by atoms with Crippen molar-refractivity contribution in [2.45, 2.75) is 58.5 Å². The van der Waals surface area contributed by atoms with E-state index in [1.807, 2.05) is 19.1 Å². The predicted octanol–water partition coefficient (Wildman–Crippen LogP) is 5.88. The highest BCUT2D eigenvalue weighted by molar-refractivity contribution is 6.30. The van der Waals surface area contributed by atoms with Crippen LogP contribution in [0.15, 0.2) is 48.5 Å². The number of amides is 2. The number of halogens is 2. The fourth-order valence-electron chi connectivity index (χ4n) is 3.30. The Morgan fingerprint density at radius 3 is 2.19 bits per heavy atom. The van der Waals surface area contributed by atoms with Gasteiger partial charge < -0.3 is 15.0 Å². The number of carbonyl (C=O) groups excluding carboxylic acids is 2. The van der Waals surface area contributed by atoms with Crippen LogP contribution in [0.4, 0.5) is 0 Å². The molecule has 0 unspecified atom stereocenters. The van der Waals surface area contributed by atoms with E-state index in [4.69, 9.17) is 27.9 Å². The Labute approximate surface area is 201 Å². The molecule has 0 fully saturated rings. The summed E-state index contributed by atoms with van der Waals surface area (Å²) in [5.74, 6) is 0.527. The quantitative estimate of drug-likeness (QED) is 0.365. The van der Waals surface area contributed by atoms with E-state index in [9.17, 15) is 9.59 Å². The van der Waals surface area contributed by atoms with Crippen LogP contribution < -0.4 is 10.1 Å². The van der Waals surface area contributed by atoms with Crippen molar-refractivity contribution >= 4 is 35.0 Å². The third-order valence-electron chi connectivity index (χ3n) is 5.10. The van der Waals surface area contributed by atoms with E-state index in [0.29, 0.717) is 54.8 Å². The Morgan fingerprint density at radius 1 is 0.969 bits per heavy atom. The van der Waals surface area contributed by atoms with Crippen molar-refractivity contribution in [3.63, 3.8) is 0 Å². The molecule has 2 aromatic rings. The number of rotatable bonds is 13. The predicted molar refractivity (Wildman–Crippen MR) is 130 cm³/mol. The van der Waals surface area contributed by atoms with E-state index < -0.39 is 6.04 Å². The van der Waals surface area contributed by atoms with Gasteiger partial charge in [0.1, 0.15) is 11.8 Å². The maximum Gasteiger partial charge on any atom is 0.242 e. The lowest BCUT2D eigenvalue weighted by molar-refractivity contribution is -0.141. The van der Waals surface area contributed by atoms with Gasteiger partial charge in [0.2, 0.25) is 11.8 Å². The van der Waals surface area contributed by atoms with Gasteiger partial charge in [-0.25, -0.2) is 0 Å². The first kappa shape index (κ1) is 26.0. The van der Waals surface area contributed by atoms with Gasteiger partial charge in [0.05, 0.1) is 6.61 Å². The number of nitrogens with zero attached hydrogens (tertiary/aromatic N) is 1. The van der Waals surface area contributed by atoms with Gasteiger partial charge in [-0.3, -0.25) is 9.59 Å². The van der Waals surface area contributed by atoms with Gasteiger partial charge in [-0.2, -0.15) is 0 Å². The molecule has 0 aliphatic carbocycles. The van der Waals surface area contributed by atoms with Crippen LogP contribution in [0.25, 0.3) is 0 Å². The molecular formula is C25H32Cl2N2O3. The zero-order chi connectivity index (χ0) is 23.3. The highest BCUT2D eigenvalue weighted by Crippen LogP contribution is 2.18. The minimum Gasteiger partial charge on any atom is -0.494 e. The van der Waals surface area contributed by atoms with Gasteiger partial charge in [-0.1, -0.05) is 55.6 Å². The van der Waals surface area contributed by atoms with Crippen LogP contribution in [0.5, 0.6) is 5.75 Å². The molecule has 1 atom stereocenters. The van der Waals surface area contributed by atoms with E-state index >= 15 is 0 Å². The van der Waals surface area contributed by atoms with Gasteiger partial charge in [0.15, 0.2) is 0 Å². The van der Waals surface area contributed by atoms with Gasteiger partial charge in [0, 0.05) is 29.6 Å². The number of hydrogen-bond donors (Lipinski definition) is 1. The fraction of sp³-hybridized carbons (Fsp3) is 0.440. The van der Waals surface area contributed by atoms with E-state index in [-0.39, 0.29) is 11.8 Å². The molecule has 32 heavy (non-hydrogen) atoms. The second-order valence-corrected chi connectivity index (χ2v) is 8.50. The van der Waals surface area contributed by atoms with Crippen LogP contribution >= 0.6 is 23.2 Å². The first-order valence-electron chi connectivity index (χ1n) is 11.1. The fourth-order valence-corrected chi connectivity index (χ4v) is 3.55.